The molecular formula is C13H16N4. The van der Waals surface area contributed by atoms with E-state index in [0.29, 0.717) is 0 Å². The second-order valence-electron chi connectivity index (χ2n) is 3.95. The molecule has 2 heterocycles. The van der Waals surface area contributed by atoms with Crippen molar-refractivity contribution in [1.29, 1.82) is 0 Å². The molecular weight excluding hydrogens is 212 g/mol. The zero-order chi connectivity index (χ0) is 12.1. The first-order valence-electron chi connectivity index (χ1n) is 5.68. The maximum Gasteiger partial charge on any atom is 0.125 e. The summed E-state index contributed by atoms with van der Waals surface area (Å²) in [6, 6.07) is 8.07. The van der Waals surface area contributed by atoms with Gasteiger partial charge < -0.3 is 5.32 Å². The molecule has 0 amide bonds. The minimum Gasteiger partial charge on any atom is -0.303 e. The summed E-state index contributed by atoms with van der Waals surface area (Å²) >= 11 is 0. The van der Waals surface area contributed by atoms with Gasteiger partial charge in [-0.15, -0.1) is 0 Å². The molecule has 0 spiro atoms. The monoisotopic (exact) mass is 228 g/mol. The molecule has 2 aromatic rings. The topological polar surface area (TPSA) is 50.7 Å². The van der Waals surface area contributed by atoms with E-state index in [0.717, 1.165) is 23.8 Å². The quantitative estimate of drug-likeness (QED) is 0.870. The van der Waals surface area contributed by atoms with Crippen molar-refractivity contribution in [2.45, 2.75) is 26.4 Å². The molecule has 2 rings (SSSR count). The van der Waals surface area contributed by atoms with Crippen molar-refractivity contribution in [2.75, 3.05) is 0 Å². The minimum atomic E-state index is 0.214. The third kappa shape index (κ3) is 3.32. The molecule has 1 N–H and O–H groups in total. The van der Waals surface area contributed by atoms with Gasteiger partial charge in [0.05, 0.1) is 11.4 Å². The van der Waals surface area contributed by atoms with Crippen LogP contribution in [-0.2, 0) is 6.54 Å². The highest BCUT2D eigenvalue weighted by molar-refractivity contribution is 5.08. The number of aryl methyl sites for hydroxylation is 1. The van der Waals surface area contributed by atoms with Crippen LogP contribution in [-0.4, -0.2) is 15.0 Å². The molecule has 0 saturated heterocycles. The Bertz CT molecular complexity index is 470. The minimum absolute atomic E-state index is 0.214. The van der Waals surface area contributed by atoms with Gasteiger partial charge in [0.25, 0.3) is 0 Å². The Morgan fingerprint density at radius 3 is 2.76 bits per heavy atom. The summed E-state index contributed by atoms with van der Waals surface area (Å²) in [6.45, 7) is 4.71. The van der Waals surface area contributed by atoms with E-state index in [4.69, 9.17) is 0 Å². The Hall–Kier alpha value is -1.81. The molecule has 1 atom stereocenters. The number of aromatic nitrogens is 3. The molecule has 0 radical (unpaired) electrons. The lowest BCUT2D eigenvalue weighted by molar-refractivity contribution is 0.554. The molecule has 17 heavy (non-hydrogen) atoms. The van der Waals surface area contributed by atoms with E-state index in [1.54, 1.807) is 6.20 Å². The summed E-state index contributed by atoms with van der Waals surface area (Å²) in [7, 11) is 0. The summed E-state index contributed by atoms with van der Waals surface area (Å²) in [5.74, 6) is 0.801. The lowest BCUT2D eigenvalue weighted by Crippen LogP contribution is -2.19. The number of nitrogens with zero attached hydrogens (tertiary/aromatic N) is 3. The van der Waals surface area contributed by atoms with E-state index in [1.165, 1.54) is 0 Å². The molecule has 88 valence electrons. The number of hydrogen-bond acceptors (Lipinski definition) is 4. The van der Waals surface area contributed by atoms with Crippen LogP contribution in [0.25, 0.3) is 0 Å². The largest absolute Gasteiger partial charge is 0.303 e. The third-order valence-corrected chi connectivity index (χ3v) is 2.55. The van der Waals surface area contributed by atoms with Crippen molar-refractivity contribution in [3.63, 3.8) is 0 Å². The van der Waals surface area contributed by atoms with Gasteiger partial charge in [-0.1, -0.05) is 6.07 Å². The number of hydrogen-bond donors (Lipinski definition) is 1. The SMILES string of the molecule is Cc1nccc(CN[C@@H](C)c2ccccn2)n1. The number of nitrogens with one attached hydrogen (secondary N) is 1. The highest BCUT2D eigenvalue weighted by Crippen LogP contribution is 2.08. The smallest absolute Gasteiger partial charge is 0.125 e. The van der Waals surface area contributed by atoms with Gasteiger partial charge in [-0.05, 0) is 32.0 Å². The van der Waals surface area contributed by atoms with Crippen molar-refractivity contribution in [2.24, 2.45) is 0 Å². The molecule has 0 aromatic carbocycles. The van der Waals surface area contributed by atoms with Crippen molar-refractivity contribution >= 4 is 0 Å². The predicted octanol–water partition coefficient (Wildman–Crippen LogP) is 2.03. The van der Waals surface area contributed by atoms with Crippen LogP contribution in [0.4, 0.5) is 0 Å². The van der Waals surface area contributed by atoms with Crippen LogP contribution >= 0.6 is 0 Å². The van der Waals surface area contributed by atoms with Crippen LogP contribution in [0, 0.1) is 6.92 Å². The first-order valence-corrected chi connectivity index (χ1v) is 5.68. The molecule has 0 saturated carbocycles. The molecule has 0 aliphatic carbocycles. The summed E-state index contributed by atoms with van der Waals surface area (Å²) in [5, 5.41) is 3.39. The molecule has 0 bridgehead atoms. The van der Waals surface area contributed by atoms with E-state index in [9.17, 15) is 0 Å². The lowest BCUT2D eigenvalue weighted by atomic mass is 10.2. The molecule has 4 nitrogen and oxygen atoms in total. The zero-order valence-corrected chi connectivity index (χ0v) is 10.1. The summed E-state index contributed by atoms with van der Waals surface area (Å²) in [4.78, 5) is 12.7. The fourth-order valence-electron chi connectivity index (χ4n) is 1.60. The van der Waals surface area contributed by atoms with Gasteiger partial charge in [0.15, 0.2) is 0 Å². The molecule has 4 heteroatoms. The maximum atomic E-state index is 4.34. The van der Waals surface area contributed by atoms with Crippen molar-refractivity contribution in [3.05, 3.63) is 53.9 Å². The lowest BCUT2D eigenvalue weighted by Gasteiger charge is -2.12. The van der Waals surface area contributed by atoms with Crippen LogP contribution in [0.1, 0.15) is 30.2 Å². The average Bonchev–Trinajstić information content (AvgIpc) is 2.37. The fourth-order valence-corrected chi connectivity index (χ4v) is 1.60. The molecule has 0 fully saturated rings. The summed E-state index contributed by atoms with van der Waals surface area (Å²) < 4.78 is 0. The first kappa shape index (κ1) is 11.7. The van der Waals surface area contributed by atoms with E-state index >= 15 is 0 Å². The number of rotatable bonds is 4. The van der Waals surface area contributed by atoms with Gasteiger partial charge in [-0.3, -0.25) is 4.98 Å². The van der Waals surface area contributed by atoms with Crippen molar-refractivity contribution in [1.82, 2.24) is 20.3 Å². The Labute approximate surface area is 101 Å². The molecule has 0 aliphatic rings. The van der Waals surface area contributed by atoms with Crippen LogP contribution in [0.5, 0.6) is 0 Å². The van der Waals surface area contributed by atoms with E-state index in [2.05, 4.69) is 27.2 Å². The van der Waals surface area contributed by atoms with Crippen molar-refractivity contribution < 1.29 is 0 Å². The van der Waals surface area contributed by atoms with E-state index in [-0.39, 0.29) is 6.04 Å². The Kier molecular flexibility index (Phi) is 3.77. The first-order chi connectivity index (χ1) is 8.25. The Morgan fingerprint density at radius 2 is 2.06 bits per heavy atom. The Balaban J connectivity index is 1.95. The van der Waals surface area contributed by atoms with Crippen LogP contribution < -0.4 is 5.32 Å². The van der Waals surface area contributed by atoms with Crippen molar-refractivity contribution in [3.8, 4) is 0 Å². The van der Waals surface area contributed by atoms with Gasteiger partial charge >= 0.3 is 0 Å². The Morgan fingerprint density at radius 1 is 1.18 bits per heavy atom. The van der Waals surface area contributed by atoms with Gasteiger partial charge in [-0.2, -0.15) is 0 Å². The van der Waals surface area contributed by atoms with Gasteiger partial charge in [0.2, 0.25) is 0 Å². The third-order valence-electron chi connectivity index (χ3n) is 2.55. The highest BCUT2D eigenvalue weighted by atomic mass is 15.0. The average molecular weight is 228 g/mol. The van der Waals surface area contributed by atoms with Crippen LogP contribution in [0.15, 0.2) is 36.7 Å². The second-order valence-corrected chi connectivity index (χ2v) is 3.95. The van der Waals surface area contributed by atoms with Gasteiger partial charge in [-0.25, -0.2) is 9.97 Å². The molecule has 2 aromatic heterocycles. The second kappa shape index (κ2) is 5.50. The summed E-state index contributed by atoms with van der Waals surface area (Å²) in [5.41, 5.74) is 2.04. The van der Waals surface area contributed by atoms with E-state index in [1.807, 2.05) is 37.4 Å². The normalized spacial score (nSPS) is 12.4. The highest BCUT2D eigenvalue weighted by Gasteiger charge is 2.05. The standard InChI is InChI=1S/C13H16N4/c1-10(13-5-3-4-7-15-13)16-9-12-6-8-14-11(2)17-12/h3-8,10,16H,9H2,1-2H3/t10-/m0/s1. The predicted molar refractivity (Wildman–Crippen MR) is 66.3 cm³/mol. The maximum absolute atomic E-state index is 4.34. The van der Waals surface area contributed by atoms with E-state index < -0.39 is 0 Å². The zero-order valence-electron chi connectivity index (χ0n) is 10.1. The van der Waals surface area contributed by atoms with Crippen LogP contribution in [0.3, 0.4) is 0 Å². The van der Waals surface area contributed by atoms with Gasteiger partial charge in [0.1, 0.15) is 5.82 Å². The fraction of sp³-hybridized carbons (Fsp3) is 0.308. The number of pyridine rings is 1. The van der Waals surface area contributed by atoms with Gasteiger partial charge in [0, 0.05) is 25.0 Å². The molecule has 0 unspecified atom stereocenters. The summed E-state index contributed by atoms with van der Waals surface area (Å²) in [6.07, 6.45) is 3.59. The van der Waals surface area contributed by atoms with Crippen LogP contribution in [0.2, 0.25) is 0 Å². The molecule has 0 aliphatic heterocycles.